The van der Waals surface area contributed by atoms with Crippen LogP contribution in [-0.2, 0) is 5.41 Å². The molecule has 0 spiro atoms. The summed E-state index contributed by atoms with van der Waals surface area (Å²) in [6.07, 6.45) is 0.740. The summed E-state index contributed by atoms with van der Waals surface area (Å²) >= 11 is 0. The molecule has 2 atom stereocenters. The van der Waals surface area contributed by atoms with Crippen LogP contribution in [0.5, 0.6) is 0 Å². The third-order valence-corrected chi connectivity index (χ3v) is 4.60. The van der Waals surface area contributed by atoms with Gasteiger partial charge in [-0.2, -0.15) is 0 Å². The van der Waals surface area contributed by atoms with E-state index in [0.717, 1.165) is 25.2 Å². The van der Waals surface area contributed by atoms with Crippen LogP contribution < -0.4 is 0 Å². The van der Waals surface area contributed by atoms with E-state index in [1.807, 2.05) is 0 Å². The number of hydrogen-bond donors (Lipinski definition) is 1. The van der Waals surface area contributed by atoms with E-state index in [4.69, 9.17) is 0 Å². The molecular weight excluding hydrogens is 260 g/mol. The van der Waals surface area contributed by atoms with E-state index in [1.165, 1.54) is 12.0 Å². The minimum atomic E-state index is -0.426. The topological polar surface area (TPSA) is 26.7 Å². The van der Waals surface area contributed by atoms with Crippen LogP contribution in [0.1, 0.15) is 44.4 Å². The van der Waals surface area contributed by atoms with Gasteiger partial charge in [0.15, 0.2) is 0 Å². The Morgan fingerprint density at radius 1 is 1.10 bits per heavy atom. The fraction of sp³-hybridized carbons (Fsp3) is 0.667. The Bertz CT molecular complexity index is 449. The van der Waals surface area contributed by atoms with Crippen LogP contribution in [0.4, 0.5) is 0 Å². The third-order valence-electron chi connectivity index (χ3n) is 4.60. The lowest BCUT2D eigenvalue weighted by Crippen LogP contribution is -2.42. The number of rotatable bonds is 2. The van der Waals surface area contributed by atoms with Gasteiger partial charge in [0.25, 0.3) is 0 Å². The van der Waals surface area contributed by atoms with Crippen LogP contribution in [0, 0.1) is 0 Å². The summed E-state index contributed by atoms with van der Waals surface area (Å²) in [6, 6.07) is 8.64. The van der Waals surface area contributed by atoms with Gasteiger partial charge in [-0.1, -0.05) is 45.0 Å². The molecule has 0 aromatic heterocycles. The molecule has 0 bridgehead atoms. The summed E-state index contributed by atoms with van der Waals surface area (Å²) in [7, 11) is 4.26. The Labute approximate surface area is 129 Å². The zero-order chi connectivity index (χ0) is 15.6. The van der Waals surface area contributed by atoms with Crippen LogP contribution >= 0.6 is 0 Å². The van der Waals surface area contributed by atoms with Gasteiger partial charge in [0, 0.05) is 6.54 Å². The van der Waals surface area contributed by atoms with Crippen molar-refractivity contribution in [2.24, 2.45) is 0 Å². The smallest absolute Gasteiger partial charge is 0.0957 e. The maximum atomic E-state index is 10.8. The molecule has 1 aromatic carbocycles. The third kappa shape index (κ3) is 4.06. The van der Waals surface area contributed by atoms with Crippen LogP contribution in [0.15, 0.2) is 24.3 Å². The first-order chi connectivity index (χ1) is 9.79. The van der Waals surface area contributed by atoms with Crippen molar-refractivity contribution in [3.8, 4) is 0 Å². The first-order valence-corrected chi connectivity index (χ1v) is 7.96. The molecule has 21 heavy (non-hydrogen) atoms. The number of aliphatic hydroxyl groups excluding tert-OH is 1. The molecular formula is C18H30N2O. The van der Waals surface area contributed by atoms with Gasteiger partial charge in [-0.25, -0.2) is 0 Å². The standard InChI is InChI=1S/C18H30N2O/c1-18(2,3)15-9-7-14(8-10-15)17(21)16-13-19(4)11-6-12-20(16)5/h7-10,16-17,21H,6,11-13H2,1-5H3. The molecule has 118 valence electrons. The Balaban J connectivity index is 2.16. The molecule has 3 heteroatoms. The maximum absolute atomic E-state index is 10.8. The summed E-state index contributed by atoms with van der Waals surface area (Å²) in [5.41, 5.74) is 2.49. The van der Waals surface area contributed by atoms with E-state index in [1.54, 1.807) is 0 Å². The van der Waals surface area contributed by atoms with E-state index >= 15 is 0 Å². The average Bonchev–Trinajstić information content (AvgIpc) is 2.59. The predicted molar refractivity (Wildman–Crippen MR) is 88.6 cm³/mol. The molecule has 0 amide bonds. The summed E-state index contributed by atoms with van der Waals surface area (Å²) in [5, 5.41) is 10.8. The minimum Gasteiger partial charge on any atom is -0.387 e. The molecule has 1 aromatic rings. The summed E-state index contributed by atoms with van der Waals surface area (Å²) < 4.78 is 0. The Kier molecular flexibility index (Phi) is 5.07. The largest absolute Gasteiger partial charge is 0.387 e. The second-order valence-electron chi connectivity index (χ2n) is 7.48. The van der Waals surface area contributed by atoms with Crippen molar-refractivity contribution in [2.75, 3.05) is 33.7 Å². The van der Waals surface area contributed by atoms with Crippen molar-refractivity contribution in [1.82, 2.24) is 9.80 Å². The Morgan fingerprint density at radius 2 is 1.71 bits per heavy atom. The number of likely N-dealkylation sites (N-methyl/N-ethyl adjacent to an activating group) is 2. The highest BCUT2D eigenvalue weighted by atomic mass is 16.3. The Hall–Kier alpha value is -0.900. The van der Waals surface area contributed by atoms with Crippen molar-refractivity contribution in [1.29, 1.82) is 0 Å². The van der Waals surface area contributed by atoms with Crippen LogP contribution in [0.3, 0.4) is 0 Å². The summed E-state index contributed by atoms with van der Waals surface area (Å²) in [4.78, 5) is 4.62. The van der Waals surface area contributed by atoms with E-state index < -0.39 is 6.10 Å². The molecule has 1 heterocycles. The summed E-state index contributed by atoms with van der Waals surface area (Å²) in [5.74, 6) is 0. The SMILES string of the molecule is CN1CCCN(C)C(C(O)c2ccc(C(C)(C)C)cc2)C1. The van der Waals surface area contributed by atoms with Crippen LogP contribution in [-0.4, -0.2) is 54.7 Å². The van der Waals surface area contributed by atoms with Gasteiger partial charge in [-0.15, -0.1) is 0 Å². The summed E-state index contributed by atoms with van der Waals surface area (Å²) in [6.45, 7) is 9.72. The van der Waals surface area contributed by atoms with Crippen molar-refractivity contribution in [2.45, 2.75) is 44.8 Å². The van der Waals surface area contributed by atoms with Gasteiger partial charge in [0.05, 0.1) is 12.1 Å². The normalized spacial score (nSPS) is 23.8. The van der Waals surface area contributed by atoms with Crippen molar-refractivity contribution in [3.05, 3.63) is 35.4 Å². The van der Waals surface area contributed by atoms with E-state index in [2.05, 4.69) is 68.9 Å². The molecule has 1 aliphatic rings. The second kappa shape index (κ2) is 6.47. The van der Waals surface area contributed by atoms with Gasteiger partial charge in [0.1, 0.15) is 0 Å². The zero-order valence-corrected chi connectivity index (χ0v) is 14.1. The predicted octanol–water partition coefficient (Wildman–Crippen LogP) is 2.65. The monoisotopic (exact) mass is 290 g/mol. The van der Waals surface area contributed by atoms with Crippen LogP contribution in [0.2, 0.25) is 0 Å². The van der Waals surface area contributed by atoms with Gasteiger partial charge in [0.2, 0.25) is 0 Å². The molecule has 1 N–H and O–H groups in total. The average molecular weight is 290 g/mol. The number of nitrogens with zero attached hydrogens (tertiary/aromatic N) is 2. The minimum absolute atomic E-state index is 0.156. The highest BCUT2D eigenvalue weighted by molar-refractivity contribution is 5.29. The van der Waals surface area contributed by atoms with E-state index in [-0.39, 0.29) is 11.5 Å². The molecule has 1 saturated heterocycles. The lowest BCUT2D eigenvalue weighted by molar-refractivity contribution is 0.0572. The lowest BCUT2D eigenvalue weighted by atomic mass is 9.86. The first kappa shape index (κ1) is 16.5. The van der Waals surface area contributed by atoms with Crippen molar-refractivity contribution >= 4 is 0 Å². The first-order valence-electron chi connectivity index (χ1n) is 7.96. The quantitative estimate of drug-likeness (QED) is 0.907. The molecule has 2 unspecified atom stereocenters. The molecule has 0 aliphatic carbocycles. The Morgan fingerprint density at radius 3 is 2.29 bits per heavy atom. The van der Waals surface area contributed by atoms with Gasteiger partial charge < -0.3 is 10.0 Å². The second-order valence-corrected chi connectivity index (χ2v) is 7.48. The molecule has 2 rings (SSSR count). The molecule has 1 aliphatic heterocycles. The molecule has 3 nitrogen and oxygen atoms in total. The van der Waals surface area contributed by atoms with E-state index in [9.17, 15) is 5.11 Å². The van der Waals surface area contributed by atoms with Gasteiger partial charge in [-0.3, -0.25) is 4.90 Å². The van der Waals surface area contributed by atoms with Gasteiger partial charge in [-0.05, 0) is 50.1 Å². The number of hydrogen-bond acceptors (Lipinski definition) is 3. The number of benzene rings is 1. The molecule has 1 fully saturated rings. The fourth-order valence-electron chi connectivity index (χ4n) is 3.05. The van der Waals surface area contributed by atoms with E-state index in [0.29, 0.717) is 0 Å². The molecule has 0 saturated carbocycles. The van der Waals surface area contributed by atoms with Crippen molar-refractivity contribution < 1.29 is 5.11 Å². The van der Waals surface area contributed by atoms with Crippen molar-refractivity contribution in [3.63, 3.8) is 0 Å². The highest BCUT2D eigenvalue weighted by Crippen LogP contribution is 2.27. The number of aliphatic hydroxyl groups is 1. The zero-order valence-electron chi connectivity index (χ0n) is 14.1. The fourth-order valence-corrected chi connectivity index (χ4v) is 3.05. The van der Waals surface area contributed by atoms with Crippen LogP contribution in [0.25, 0.3) is 0 Å². The maximum Gasteiger partial charge on any atom is 0.0957 e. The molecule has 0 radical (unpaired) electrons. The van der Waals surface area contributed by atoms with Gasteiger partial charge >= 0.3 is 0 Å². The lowest BCUT2D eigenvalue weighted by Gasteiger charge is -2.32. The highest BCUT2D eigenvalue weighted by Gasteiger charge is 2.28.